The smallest absolute Gasteiger partial charge is 0.285 e. The number of aromatic amines is 1. The molecule has 1 aliphatic heterocycles. The molecule has 2 heterocycles. The van der Waals surface area contributed by atoms with E-state index in [1.165, 1.54) is 6.07 Å². The van der Waals surface area contributed by atoms with Gasteiger partial charge in [-0.05, 0) is 37.0 Å². The number of hydrogen-bond donors (Lipinski definition) is 1. The lowest BCUT2D eigenvalue weighted by Crippen LogP contribution is -2.32. The third-order valence-electron chi connectivity index (χ3n) is 3.82. The number of nitrogens with zero attached hydrogens (tertiary/aromatic N) is 2. The van der Waals surface area contributed by atoms with Crippen LogP contribution in [0.2, 0.25) is 5.02 Å². The quantitative estimate of drug-likeness (QED) is 0.948. The molecule has 0 radical (unpaired) electrons. The molecule has 110 valence electrons. The van der Waals surface area contributed by atoms with Crippen LogP contribution >= 0.6 is 11.6 Å². The average Bonchev–Trinajstić information content (AvgIpc) is 2.90. The normalized spacial score (nSPS) is 18.2. The minimum atomic E-state index is -0.384. The van der Waals surface area contributed by atoms with E-state index in [0.29, 0.717) is 5.69 Å². The summed E-state index contributed by atoms with van der Waals surface area (Å²) < 4.78 is 13.3. The van der Waals surface area contributed by atoms with Crippen molar-refractivity contribution in [3.63, 3.8) is 0 Å². The second kappa shape index (κ2) is 5.85. The summed E-state index contributed by atoms with van der Waals surface area (Å²) in [6, 6.07) is 6.82. The molecule has 1 fully saturated rings. The van der Waals surface area contributed by atoms with Crippen LogP contribution in [-0.4, -0.2) is 22.8 Å². The molecule has 1 aliphatic rings. The first-order valence-corrected chi connectivity index (χ1v) is 7.27. The number of H-pyrrole nitrogens is 1. The molecule has 3 rings (SSSR count). The maximum absolute atomic E-state index is 13.3. The van der Waals surface area contributed by atoms with Gasteiger partial charge in [-0.3, -0.25) is 4.79 Å². The van der Waals surface area contributed by atoms with Gasteiger partial charge in [0.15, 0.2) is 0 Å². The summed E-state index contributed by atoms with van der Waals surface area (Å²) in [5, 5.41) is 6.31. The molecule has 0 saturated carbocycles. The van der Waals surface area contributed by atoms with Crippen molar-refractivity contribution in [1.29, 1.82) is 0 Å². The van der Waals surface area contributed by atoms with E-state index in [2.05, 4.69) is 15.1 Å². The van der Waals surface area contributed by atoms with Gasteiger partial charge in [0.1, 0.15) is 10.8 Å². The molecular weight excluding hydrogens is 293 g/mol. The van der Waals surface area contributed by atoms with Crippen molar-refractivity contribution < 1.29 is 4.39 Å². The number of anilines is 1. The molecular formula is C15H15ClFN3O. The summed E-state index contributed by atoms with van der Waals surface area (Å²) in [6.07, 6.45) is 4.30. The Morgan fingerprint density at radius 3 is 3.14 bits per heavy atom. The SMILES string of the molecule is O=c1[nH]ncc(N2CCCC2Cc2cccc(F)c2)c1Cl. The summed E-state index contributed by atoms with van der Waals surface area (Å²) in [5.41, 5.74) is 1.21. The van der Waals surface area contributed by atoms with Crippen LogP contribution < -0.4 is 10.5 Å². The van der Waals surface area contributed by atoms with Crippen LogP contribution in [0, 0.1) is 5.82 Å². The van der Waals surface area contributed by atoms with Crippen LogP contribution in [0.15, 0.2) is 35.3 Å². The highest BCUT2D eigenvalue weighted by atomic mass is 35.5. The van der Waals surface area contributed by atoms with Crippen LogP contribution in [0.3, 0.4) is 0 Å². The van der Waals surface area contributed by atoms with E-state index in [0.717, 1.165) is 31.4 Å². The first kappa shape index (κ1) is 14.1. The predicted octanol–water partition coefficient (Wildman–Crippen LogP) is 2.77. The van der Waals surface area contributed by atoms with Gasteiger partial charge in [0, 0.05) is 12.6 Å². The van der Waals surface area contributed by atoms with Crippen molar-refractivity contribution in [3.05, 3.63) is 57.2 Å². The molecule has 1 N–H and O–H groups in total. The Hall–Kier alpha value is -1.88. The summed E-state index contributed by atoms with van der Waals surface area (Å²) >= 11 is 6.08. The average molecular weight is 308 g/mol. The fraction of sp³-hybridized carbons (Fsp3) is 0.333. The van der Waals surface area contributed by atoms with Gasteiger partial charge in [-0.1, -0.05) is 23.7 Å². The Kier molecular flexibility index (Phi) is 3.92. The number of halogens is 2. The van der Waals surface area contributed by atoms with Gasteiger partial charge < -0.3 is 4.90 Å². The highest BCUT2D eigenvalue weighted by Gasteiger charge is 2.27. The number of benzene rings is 1. The van der Waals surface area contributed by atoms with E-state index in [9.17, 15) is 9.18 Å². The van der Waals surface area contributed by atoms with Crippen molar-refractivity contribution in [2.75, 3.05) is 11.4 Å². The van der Waals surface area contributed by atoms with Crippen molar-refractivity contribution in [3.8, 4) is 0 Å². The Balaban J connectivity index is 1.86. The second-order valence-corrected chi connectivity index (χ2v) is 5.60. The van der Waals surface area contributed by atoms with Crippen LogP contribution in [0.4, 0.5) is 10.1 Å². The van der Waals surface area contributed by atoms with E-state index >= 15 is 0 Å². The lowest BCUT2D eigenvalue weighted by atomic mass is 10.0. The second-order valence-electron chi connectivity index (χ2n) is 5.22. The van der Waals surface area contributed by atoms with Gasteiger partial charge in [-0.15, -0.1) is 0 Å². The summed E-state index contributed by atoms with van der Waals surface area (Å²) in [6.45, 7) is 0.824. The van der Waals surface area contributed by atoms with Gasteiger partial charge in [0.25, 0.3) is 5.56 Å². The monoisotopic (exact) mass is 307 g/mol. The van der Waals surface area contributed by atoms with Gasteiger partial charge in [0.2, 0.25) is 0 Å². The highest BCUT2D eigenvalue weighted by Crippen LogP contribution is 2.30. The van der Waals surface area contributed by atoms with Crippen molar-refractivity contribution in [2.45, 2.75) is 25.3 Å². The topological polar surface area (TPSA) is 49.0 Å². The maximum atomic E-state index is 13.3. The number of nitrogens with one attached hydrogen (secondary N) is 1. The fourth-order valence-corrected chi connectivity index (χ4v) is 3.08. The maximum Gasteiger partial charge on any atom is 0.285 e. The first-order chi connectivity index (χ1) is 10.1. The Labute approximate surface area is 126 Å². The molecule has 1 saturated heterocycles. The molecule has 1 aromatic heterocycles. The minimum absolute atomic E-state index is 0.163. The molecule has 6 heteroatoms. The Morgan fingerprint density at radius 2 is 2.33 bits per heavy atom. The summed E-state index contributed by atoms with van der Waals surface area (Å²) in [7, 11) is 0. The van der Waals surface area contributed by atoms with Gasteiger partial charge in [0.05, 0.1) is 11.9 Å². The number of rotatable bonds is 3. The third kappa shape index (κ3) is 2.93. The molecule has 0 spiro atoms. The van der Waals surface area contributed by atoms with Gasteiger partial charge in [-0.2, -0.15) is 5.10 Å². The predicted molar refractivity (Wildman–Crippen MR) is 80.3 cm³/mol. The van der Waals surface area contributed by atoms with E-state index in [-0.39, 0.29) is 22.4 Å². The molecule has 1 atom stereocenters. The van der Waals surface area contributed by atoms with Crippen molar-refractivity contribution in [2.24, 2.45) is 0 Å². The molecule has 0 aliphatic carbocycles. The molecule has 4 nitrogen and oxygen atoms in total. The zero-order valence-corrected chi connectivity index (χ0v) is 12.1. The Morgan fingerprint density at radius 1 is 1.48 bits per heavy atom. The molecule has 1 aromatic carbocycles. The van der Waals surface area contributed by atoms with Gasteiger partial charge >= 0.3 is 0 Å². The molecule has 21 heavy (non-hydrogen) atoms. The molecule has 2 aromatic rings. The van der Waals surface area contributed by atoms with Crippen LogP contribution in [0.5, 0.6) is 0 Å². The number of aromatic nitrogens is 2. The standard InChI is InChI=1S/C15H15ClFN3O/c16-14-13(9-18-19-15(14)21)20-6-2-5-12(20)8-10-3-1-4-11(17)7-10/h1,3-4,7,9,12H,2,5-6,8H2,(H,19,21). The van der Waals surface area contributed by atoms with Crippen LogP contribution in [0.1, 0.15) is 18.4 Å². The van der Waals surface area contributed by atoms with Crippen LogP contribution in [0.25, 0.3) is 0 Å². The number of hydrogen-bond acceptors (Lipinski definition) is 3. The lowest BCUT2D eigenvalue weighted by molar-refractivity contribution is 0.617. The van der Waals surface area contributed by atoms with E-state index in [4.69, 9.17) is 11.6 Å². The summed E-state index contributed by atoms with van der Waals surface area (Å²) in [5.74, 6) is -0.229. The highest BCUT2D eigenvalue weighted by molar-refractivity contribution is 6.33. The largest absolute Gasteiger partial charge is 0.366 e. The van der Waals surface area contributed by atoms with Crippen LogP contribution in [-0.2, 0) is 6.42 Å². The summed E-state index contributed by atoms with van der Waals surface area (Å²) in [4.78, 5) is 13.7. The van der Waals surface area contributed by atoms with Crippen molar-refractivity contribution in [1.82, 2.24) is 10.2 Å². The van der Waals surface area contributed by atoms with E-state index < -0.39 is 0 Å². The third-order valence-corrected chi connectivity index (χ3v) is 4.19. The lowest BCUT2D eigenvalue weighted by Gasteiger charge is -2.27. The molecule has 0 bridgehead atoms. The minimum Gasteiger partial charge on any atom is -0.366 e. The zero-order valence-electron chi connectivity index (χ0n) is 11.4. The van der Waals surface area contributed by atoms with Gasteiger partial charge in [-0.25, -0.2) is 9.49 Å². The molecule has 1 unspecified atom stereocenters. The Bertz CT molecular complexity index is 703. The van der Waals surface area contributed by atoms with E-state index in [1.807, 2.05) is 6.07 Å². The van der Waals surface area contributed by atoms with E-state index in [1.54, 1.807) is 18.3 Å². The van der Waals surface area contributed by atoms with Crippen molar-refractivity contribution >= 4 is 17.3 Å². The zero-order chi connectivity index (χ0) is 14.8. The fourth-order valence-electron chi connectivity index (χ4n) is 2.88. The first-order valence-electron chi connectivity index (χ1n) is 6.89. The molecule has 0 amide bonds.